The molecule has 1 saturated heterocycles. The number of piperazine rings is 1. The van der Waals surface area contributed by atoms with Gasteiger partial charge in [-0.1, -0.05) is 30.3 Å². The van der Waals surface area contributed by atoms with Crippen molar-refractivity contribution in [1.29, 1.82) is 0 Å². The summed E-state index contributed by atoms with van der Waals surface area (Å²) in [5.41, 5.74) is 6.29. The number of benzene rings is 1. The van der Waals surface area contributed by atoms with Crippen LogP contribution in [0, 0.1) is 0 Å². The molecular formula is C15H23N3O2. The van der Waals surface area contributed by atoms with Crippen LogP contribution in [0.5, 0.6) is 0 Å². The van der Waals surface area contributed by atoms with Crippen molar-refractivity contribution in [3.8, 4) is 0 Å². The predicted molar refractivity (Wildman–Crippen MR) is 78.3 cm³/mol. The number of ether oxygens (including phenoxy) is 1. The second-order valence-corrected chi connectivity index (χ2v) is 5.12. The van der Waals surface area contributed by atoms with Crippen LogP contribution >= 0.6 is 0 Å². The van der Waals surface area contributed by atoms with Crippen LogP contribution in [0.25, 0.3) is 0 Å². The van der Waals surface area contributed by atoms with Gasteiger partial charge in [-0.3, -0.25) is 4.90 Å². The minimum Gasteiger partial charge on any atom is -0.450 e. The first-order valence-corrected chi connectivity index (χ1v) is 7.15. The van der Waals surface area contributed by atoms with Crippen molar-refractivity contribution in [1.82, 2.24) is 9.80 Å². The molecule has 1 heterocycles. The van der Waals surface area contributed by atoms with Crippen molar-refractivity contribution in [3.63, 3.8) is 0 Å². The quantitative estimate of drug-likeness (QED) is 0.796. The number of rotatable bonds is 6. The van der Waals surface area contributed by atoms with Crippen molar-refractivity contribution in [2.45, 2.75) is 13.0 Å². The number of nitrogens with two attached hydrogens (primary N) is 1. The number of nitrogens with zero attached hydrogens (tertiary/aromatic N) is 2. The summed E-state index contributed by atoms with van der Waals surface area (Å²) in [6.45, 7) is 6.73. The molecule has 1 aromatic rings. The fraction of sp³-hybridized carbons (Fsp3) is 0.533. The summed E-state index contributed by atoms with van der Waals surface area (Å²) in [5, 5.41) is 0. The molecule has 110 valence electrons. The van der Waals surface area contributed by atoms with E-state index in [-0.39, 0.29) is 0 Å². The molecule has 1 aliphatic rings. The van der Waals surface area contributed by atoms with E-state index >= 15 is 0 Å². The van der Waals surface area contributed by atoms with E-state index in [4.69, 9.17) is 10.5 Å². The van der Waals surface area contributed by atoms with E-state index in [9.17, 15) is 4.79 Å². The van der Waals surface area contributed by atoms with Crippen LogP contribution in [0.15, 0.2) is 30.3 Å². The van der Waals surface area contributed by atoms with Crippen LogP contribution in [0.2, 0.25) is 0 Å². The second-order valence-electron chi connectivity index (χ2n) is 5.12. The van der Waals surface area contributed by atoms with Crippen molar-refractivity contribution >= 4 is 6.09 Å². The maximum absolute atomic E-state index is 10.4. The standard InChI is InChI=1S/C15H23N3O2/c16-15(19)20-12-4-7-17-8-10-18(11-9-17)13-14-5-2-1-3-6-14/h1-3,5-6H,4,7-13H2,(H2,16,19). The Morgan fingerprint density at radius 3 is 2.40 bits per heavy atom. The Kier molecular flexibility index (Phi) is 5.83. The van der Waals surface area contributed by atoms with Gasteiger partial charge in [-0.2, -0.15) is 0 Å². The minimum absolute atomic E-state index is 0.416. The lowest BCUT2D eigenvalue weighted by Crippen LogP contribution is -2.46. The van der Waals surface area contributed by atoms with Gasteiger partial charge in [-0.25, -0.2) is 4.79 Å². The number of hydrogen-bond donors (Lipinski definition) is 1. The van der Waals surface area contributed by atoms with E-state index in [1.54, 1.807) is 0 Å². The molecule has 1 amide bonds. The maximum Gasteiger partial charge on any atom is 0.404 e. The molecular weight excluding hydrogens is 254 g/mol. The summed E-state index contributed by atoms with van der Waals surface area (Å²) < 4.78 is 4.73. The number of hydrogen-bond acceptors (Lipinski definition) is 4. The van der Waals surface area contributed by atoms with Gasteiger partial charge in [0.05, 0.1) is 6.61 Å². The molecule has 5 heteroatoms. The first-order chi connectivity index (χ1) is 9.74. The number of amides is 1. The Bertz CT molecular complexity index is 403. The summed E-state index contributed by atoms with van der Waals surface area (Å²) in [7, 11) is 0. The lowest BCUT2D eigenvalue weighted by atomic mass is 10.2. The Labute approximate surface area is 120 Å². The fourth-order valence-electron chi connectivity index (χ4n) is 2.47. The Balaban J connectivity index is 1.61. The van der Waals surface area contributed by atoms with Crippen LogP contribution in [0.4, 0.5) is 4.79 Å². The van der Waals surface area contributed by atoms with Crippen LogP contribution in [-0.4, -0.2) is 55.2 Å². The monoisotopic (exact) mass is 277 g/mol. The van der Waals surface area contributed by atoms with E-state index in [1.165, 1.54) is 5.56 Å². The first kappa shape index (κ1) is 14.8. The third kappa shape index (κ3) is 5.19. The van der Waals surface area contributed by atoms with Crippen molar-refractivity contribution in [2.24, 2.45) is 5.73 Å². The topological polar surface area (TPSA) is 58.8 Å². The third-order valence-electron chi connectivity index (χ3n) is 3.58. The highest BCUT2D eigenvalue weighted by Crippen LogP contribution is 2.08. The molecule has 1 aliphatic heterocycles. The van der Waals surface area contributed by atoms with Crippen LogP contribution in [-0.2, 0) is 11.3 Å². The van der Waals surface area contributed by atoms with Gasteiger partial charge in [-0.05, 0) is 12.0 Å². The predicted octanol–water partition coefficient (Wildman–Crippen LogP) is 1.29. The van der Waals surface area contributed by atoms with Gasteiger partial charge in [0.2, 0.25) is 0 Å². The molecule has 2 rings (SSSR count). The zero-order valence-corrected chi connectivity index (χ0v) is 11.8. The highest BCUT2D eigenvalue weighted by atomic mass is 16.5. The molecule has 0 aliphatic carbocycles. The van der Waals surface area contributed by atoms with Crippen LogP contribution < -0.4 is 5.73 Å². The van der Waals surface area contributed by atoms with Gasteiger partial charge in [0.1, 0.15) is 0 Å². The molecule has 2 N–H and O–H groups in total. The molecule has 1 aromatic carbocycles. The summed E-state index contributed by atoms with van der Waals surface area (Å²) in [4.78, 5) is 15.3. The molecule has 0 bridgehead atoms. The molecule has 0 radical (unpaired) electrons. The van der Waals surface area contributed by atoms with Gasteiger partial charge in [0.25, 0.3) is 0 Å². The SMILES string of the molecule is NC(=O)OCCCN1CCN(Cc2ccccc2)CC1. The van der Waals surface area contributed by atoms with Gasteiger partial charge >= 0.3 is 6.09 Å². The van der Waals surface area contributed by atoms with Crippen molar-refractivity contribution < 1.29 is 9.53 Å². The van der Waals surface area contributed by atoms with Gasteiger partial charge in [0.15, 0.2) is 0 Å². The second kappa shape index (κ2) is 7.87. The lowest BCUT2D eigenvalue weighted by molar-refractivity contribution is 0.113. The number of primary amides is 1. The van der Waals surface area contributed by atoms with E-state index in [1.807, 2.05) is 0 Å². The average Bonchev–Trinajstić information content (AvgIpc) is 2.46. The average molecular weight is 277 g/mol. The van der Waals surface area contributed by atoms with Crippen molar-refractivity contribution in [2.75, 3.05) is 39.3 Å². The molecule has 0 saturated carbocycles. The van der Waals surface area contributed by atoms with Gasteiger partial charge in [-0.15, -0.1) is 0 Å². The maximum atomic E-state index is 10.4. The molecule has 20 heavy (non-hydrogen) atoms. The summed E-state index contributed by atoms with van der Waals surface area (Å²) >= 11 is 0. The normalized spacial score (nSPS) is 17.0. The molecule has 0 atom stereocenters. The fourth-order valence-corrected chi connectivity index (χ4v) is 2.47. The van der Waals surface area contributed by atoms with E-state index in [2.05, 4.69) is 40.1 Å². The van der Waals surface area contributed by atoms with E-state index < -0.39 is 6.09 Å². The van der Waals surface area contributed by atoms with E-state index in [0.29, 0.717) is 6.61 Å². The summed E-state index contributed by atoms with van der Waals surface area (Å²) in [6.07, 6.45) is 0.166. The highest BCUT2D eigenvalue weighted by molar-refractivity contribution is 5.64. The highest BCUT2D eigenvalue weighted by Gasteiger charge is 2.16. The van der Waals surface area contributed by atoms with Crippen molar-refractivity contribution in [3.05, 3.63) is 35.9 Å². The van der Waals surface area contributed by atoms with Gasteiger partial charge in [0, 0.05) is 39.3 Å². The number of carbonyl (C=O) groups is 1. The molecule has 1 fully saturated rings. The zero-order valence-electron chi connectivity index (χ0n) is 11.8. The smallest absolute Gasteiger partial charge is 0.404 e. The van der Waals surface area contributed by atoms with Crippen LogP contribution in [0.3, 0.4) is 0 Å². The zero-order chi connectivity index (χ0) is 14.2. The van der Waals surface area contributed by atoms with Gasteiger partial charge < -0.3 is 15.4 Å². The lowest BCUT2D eigenvalue weighted by Gasteiger charge is -2.34. The first-order valence-electron chi connectivity index (χ1n) is 7.15. The Hall–Kier alpha value is -1.59. The minimum atomic E-state index is -0.683. The summed E-state index contributed by atoms with van der Waals surface area (Å²) in [6, 6.07) is 10.6. The molecule has 0 unspecified atom stereocenters. The Morgan fingerprint density at radius 2 is 1.75 bits per heavy atom. The van der Waals surface area contributed by atoms with E-state index in [0.717, 1.165) is 45.7 Å². The largest absolute Gasteiger partial charge is 0.450 e. The van der Waals surface area contributed by atoms with Crippen LogP contribution in [0.1, 0.15) is 12.0 Å². The Morgan fingerprint density at radius 1 is 1.10 bits per heavy atom. The molecule has 5 nitrogen and oxygen atoms in total. The third-order valence-corrected chi connectivity index (χ3v) is 3.58. The summed E-state index contributed by atoms with van der Waals surface area (Å²) in [5.74, 6) is 0. The number of carbonyl (C=O) groups excluding carboxylic acids is 1. The molecule has 0 aromatic heterocycles. The molecule has 0 spiro atoms.